The summed E-state index contributed by atoms with van der Waals surface area (Å²) in [5.41, 5.74) is 0.453. The first-order valence-corrected chi connectivity index (χ1v) is 5.11. The van der Waals surface area contributed by atoms with Gasteiger partial charge >= 0.3 is 0 Å². The van der Waals surface area contributed by atoms with Crippen molar-refractivity contribution in [3.63, 3.8) is 0 Å². The number of hydrogen-bond donors (Lipinski definition) is 0. The van der Waals surface area contributed by atoms with Gasteiger partial charge in [-0.25, -0.2) is 0 Å². The second-order valence-corrected chi connectivity index (χ2v) is 4.17. The van der Waals surface area contributed by atoms with Crippen LogP contribution in [0.3, 0.4) is 0 Å². The Labute approximate surface area is 75.7 Å². The zero-order valence-corrected chi connectivity index (χ0v) is 7.60. The van der Waals surface area contributed by atoms with Crippen LogP contribution < -0.4 is 0 Å². The molecule has 0 aliphatic carbocycles. The Kier molecular flexibility index (Phi) is 2.72. The van der Waals surface area contributed by atoms with E-state index in [2.05, 4.69) is 0 Å². The molecule has 0 heterocycles. The fraction of sp³-hybridized carbons (Fsp3) is 0.143. The lowest BCUT2D eigenvalue weighted by Crippen LogP contribution is -1.99. The minimum absolute atomic E-state index is 0.453. The van der Waals surface area contributed by atoms with Gasteiger partial charge in [-0.05, 0) is 17.7 Å². The summed E-state index contributed by atoms with van der Waals surface area (Å²) in [6, 6.07) is 6.11. The van der Waals surface area contributed by atoms with Crippen LogP contribution in [0.4, 0.5) is 0 Å². The van der Waals surface area contributed by atoms with Crippen LogP contribution >= 0.6 is 11.6 Å². The maximum Gasteiger partial charge on any atom is 0.298 e. The van der Waals surface area contributed by atoms with Gasteiger partial charge in [-0.15, -0.1) is 0 Å². The van der Waals surface area contributed by atoms with Gasteiger partial charge in [0, 0.05) is 5.02 Å². The Morgan fingerprint density at radius 2 is 1.67 bits per heavy atom. The molecule has 0 fully saturated rings. The molecule has 0 aliphatic heterocycles. The summed E-state index contributed by atoms with van der Waals surface area (Å²) in [6.07, 6.45) is 0. The van der Waals surface area contributed by atoms with E-state index in [1.54, 1.807) is 12.1 Å². The highest BCUT2D eigenvalue weighted by Gasteiger charge is 2.07. The van der Waals surface area contributed by atoms with Crippen LogP contribution in [0.15, 0.2) is 24.3 Å². The van der Waals surface area contributed by atoms with Crippen LogP contribution in [0.5, 0.6) is 0 Å². The average Bonchev–Trinajstić information content (AvgIpc) is 1.91. The Balaban J connectivity index is 2.85. The van der Waals surface area contributed by atoms with E-state index < -0.39 is 15.9 Å². The molecule has 1 aromatic carbocycles. The van der Waals surface area contributed by atoms with Crippen molar-refractivity contribution in [1.29, 1.82) is 0 Å². The number of halogens is 1. The smallest absolute Gasteiger partial charge is 0.197 e. The lowest BCUT2D eigenvalue weighted by atomic mass is 10.2. The zero-order valence-electron chi connectivity index (χ0n) is 6.03. The molecule has 0 atom stereocenters. The summed E-state index contributed by atoms with van der Waals surface area (Å²) in [4.78, 5) is 0. The van der Waals surface area contributed by atoms with Crippen LogP contribution in [0.1, 0.15) is 5.56 Å². The average molecular weight is 206 g/mol. The molecule has 0 spiro atoms. The van der Waals surface area contributed by atoms with Gasteiger partial charge in [-0.1, -0.05) is 28.3 Å². The molecule has 3 nitrogen and oxygen atoms in total. The van der Waals surface area contributed by atoms with Crippen molar-refractivity contribution in [2.45, 2.75) is 5.75 Å². The predicted octanol–water partition coefficient (Wildman–Crippen LogP) is 1.60. The van der Waals surface area contributed by atoms with Crippen molar-refractivity contribution in [3.05, 3.63) is 34.9 Å². The molecule has 0 saturated heterocycles. The van der Waals surface area contributed by atoms with E-state index in [-0.39, 0.29) is 0 Å². The summed E-state index contributed by atoms with van der Waals surface area (Å²) in [6.45, 7) is 0. The highest BCUT2D eigenvalue weighted by Crippen LogP contribution is 2.11. The van der Waals surface area contributed by atoms with Crippen LogP contribution in [-0.4, -0.2) is 8.42 Å². The second kappa shape index (κ2) is 3.43. The molecule has 1 aromatic rings. The van der Waals surface area contributed by atoms with Gasteiger partial charge in [0.2, 0.25) is 0 Å². The molecule has 0 bridgehead atoms. The zero-order chi connectivity index (χ0) is 9.19. The van der Waals surface area contributed by atoms with E-state index >= 15 is 0 Å². The monoisotopic (exact) mass is 205 g/mol. The Bertz CT molecular complexity index is 355. The standard InChI is InChI=1S/C7H6ClO3S/c8-7-3-1-6(2-4-7)5-12(9,10)11/h1-4H,5H2. The number of hydrogen-bond acceptors (Lipinski definition) is 2. The summed E-state index contributed by atoms with van der Waals surface area (Å²) in [5.74, 6) is -0.482. The van der Waals surface area contributed by atoms with Gasteiger partial charge in [0.1, 0.15) is 5.75 Å². The van der Waals surface area contributed by atoms with Crippen molar-refractivity contribution in [3.8, 4) is 0 Å². The van der Waals surface area contributed by atoms with E-state index in [1.807, 2.05) is 0 Å². The van der Waals surface area contributed by atoms with E-state index in [0.717, 1.165) is 0 Å². The van der Waals surface area contributed by atoms with E-state index in [0.29, 0.717) is 10.6 Å². The minimum atomic E-state index is -4.18. The molecule has 0 saturated carbocycles. The lowest BCUT2D eigenvalue weighted by molar-refractivity contribution is 0.413. The molecule has 0 aliphatic rings. The largest absolute Gasteiger partial charge is 0.298 e. The van der Waals surface area contributed by atoms with Crippen LogP contribution in [-0.2, 0) is 20.4 Å². The molecule has 1 rings (SSSR count). The van der Waals surface area contributed by atoms with Crippen molar-refractivity contribution in [2.24, 2.45) is 0 Å². The molecule has 0 aromatic heterocycles. The third-order valence-electron chi connectivity index (χ3n) is 1.26. The molecular formula is C7H6ClO3S. The molecule has 12 heavy (non-hydrogen) atoms. The molecule has 0 amide bonds. The van der Waals surface area contributed by atoms with Gasteiger partial charge in [0.25, 0.3) is 10.1 Å². The SMILES string of the molecule is [O]S(=O)(=O)Cc1ccc(Cl)cc1. The molecule has 0 N–H and O–H groups in total. The van der Waals surface area contributed by atoms with Gasteiger partial charge < -0.3 is 0 Å². The van der Waals surface area contributed by atoms with Crippen molar-refractivity contribution in [2.75, 3.05) is 0 Å². The lowest BCUT2D eigenvalue weighted by Gasteiger charge is -1.95. The molecule has 0 unspecified atom stereocenters. The van der Waals surface area contributed by atoms with Crippen molar-refractivity contribution < 1.29 is 13.0 Å². The molecule has 65 valence electrons. The quantitative estimate of drug-likeness (QED) is 0.737. The first-order chi connectivity index (χ1) is 5.47. The van der Waals surface area contributed by atoms with Gasteiger partial charge in [-0.3, -0.25) is 0 Å². The van der Waals surface area contributed by atoms with Crippen LogP contribution in [0.25, 0.3) is 0 Å². The predicted molar refractivity (Wildman–Crippen MR) is 44.8 cm³/mol. The second-order valence-electron chi connectivity index (χ2n) is 2.33. The van der Waals surface area contributed by atoms with E-state index in [9.17, 15) is 13.0 Å². The Morgan fingerprint density at radius 1 is 1.17 bits per heavy atom. The number of benzene rings is 1. The summed E-state index contributed by atoms with van der Waals surface area (Å²) < 4.78 is 30.9. The Hall–Kier alpha value is -0.580. The van der Waals surface area contributed by atoms with Gasteiger partial charge in [0.05, 0.1) is 0 Å². The maximum absolute atomic E-state index is 10.3. The Morgan fingerprint density at radius 3 is 2.08 bits per heavy atom. The fourth-order valence-electron chi connectivity index (χ4n) is 0.785. The maximum atomic E-state index is 10.3. The topological polar surface area (TPSA) is 54.0 Å². The number of rotatable bonds is 2. The molecular weight excluding hydrogens is 200 g/mol. The normalized spacial score (nSPS) is 11.5. The molecule has 5 heteroatoms. The van der Waals surface area contributed by atoms with Crippen LogP contribution in [0, 0.1) is 0 Å². The summed E-state index contributed by atoms with van der Waals surface area (Å²) >= 11 is 5.56. The summed E-state index contributed by atoms with van der Waals surface area (Å²) in [7, 11) is -4.18. The minimum Gasteiger partial charge on any atom is -0.197 e. The highest BCUT2D eigenvalue weighted by molar-refractivity contribution is 7.84. The fourth-order valence-corrected chi connectivity index (χ4v) is 1.51. The van der Waals surface area contributed by atoms with E-state index in [1.165, 1.54) is 12.1 Å². The first kappa shape index (κ1) is 9.51. The van der Waals surface area contributed by atoms with Crippen LogP contribution in [0.2, 0.25) is 5.02 Å². The van der Waals surface area contributed by atoms with Crippen molar-refractivity contribution in [1.82, 2.24) is 0 Å². The third-order valence-corrected chi connectivity index (χ3v) is 2.20. The van der Waals surface area contributed by atoms with E-state index in [4.69, 9.17) is 11.6 Å². The first-order valence-electron chi connectivity index (χ1n) is 3.15. The van der Waals surface area contributed by atoms with Gasteiger partial charge in [-0.2, -0.15) is 8.42 Å². The molecule has 1 radical (unpaired) electrons. The highest BCUT2D eigenvalue weighted by atomic mass is 35.5. The van der Waals surface area contributed by atoms with Gasteiger partial charge in [0.15, 0.2) is 0 Å². The van der Waals surface area contributed by atoms with Crippen molar-refractivity contribution >= 4 is 21.7 Å². The summed E-state index contributed by atoms with van der Waals surface area (Å²) in [5, 5.41) is 0.516. The third kappa shape index (κ3) is 3.21.